The Morgan fingerprint density at radius 3 is 2.49 bits per heavy atom. The summed E-state index contributed by atoms with van der Waals surface area (Å²) in [6, 6.07) is 2.81. The monoisotopic (exact) mass is 582 g/mol. The van der Waals surface area contributed by atoms with Crippen LogP contribution in [0.1, 0.15) is 55.1 Å². The molecule has 0 radical (unpaired) electrons. The second kappa shape index (κ2) is 11.1. The smallest absolute Gasteiger partial charge is 0.328 e. The molecule has 186 valence electrons. The van der Waals surface area contributed by atoms with Gasteiger partial charge in [0.05, 0.1) is 34.1 Å². The Kier molecular flexibility index (Phi) is 8.19. The van der Waals surface area contributed by atoms with E-state index in [1.54, 1.807) is 19.1 Å². The van der Waals surface area contributed by atoms with Crippen molar-refractivity contribution >= 4 is 56.7 Å². The fourth-order valence-corrected chi connectivity index (χ4v) is 5.65. The molecule has 1 spiro atoms. The average molecular weight is 584 g/mol. The summed E-state index contributed by atoms with van der Waals surface area (Å²) in [5, 5.41) is 6.39. The van der Waals surface area contributed by atoms with Gasteiger partial charge in [0.25, 0.3) is 5.91 Å². The number of nitrogens with one attached hydrogen (secondary N) is 2. The second-order valence-electron chi connectivity index (χ2n) is 8.43. The van der Waals surface area contributed by atoms with Crippen LogP contribution in [0.3, 0.4) is 0 Å². The predicted molar refractivity (Wildman–Crippen MR) is 137 cm³/mol. The third kappa shape index (κ3) is 5.73. The first-order valence-corrected chi connectivity index (χ1v) is 13.0. The topological polar surface area (TPSA) is 102 Å². The van der Waals surface area contributed by atoms with Crippen LogP contribution in [0.15, 0.2) is 41.1 Å². The number of carbonyl (C=O) groups excluding carboxylic acids is 2. The van der Waals surface area contributed by atoms with Gasteiger partial charge in [0.1, 0.15) is 11.7 Å². The number of nitrogens with zero attached hydrogens (tertiary/aromatic N) is 2. The highest BCUT2D eigenvalue weighted by Gasteiger charge is 2.49. The van der Waals surface area contributed by atoms with Gasteiger partial charge in [0.15, 0.2) is 10.3 Å². The van der Waals surface area contributed by atoms with Crippen molar-refractivity contribution < 1.29 is 19.1 Å². The zero-order valence-corrected chi connectivity index (χ0v) is 22.2. The lowest BCUT2D eigenvalue weighted by Crippen LogP contribution is -2.54. The average Bonchev–Trinajstić information content (AvgIpc) is 2.83. The van der Waals surface area contributed by atoms with Crippen molar-refractivity contribution in [2.45, 2.75) is 57.1 Å². The maximum atomic E-state index is 12.8. The number of pyridine rings is 2. The van der Waals surface area contributed by atoms with Crippen molar-refractivity contribution in [1.29, 1.82) is 0 Å². The minimum atomic E-state index is -0.637. The number of halogens is 3. The van der Waals surface area contributed by atoms with Gasteiger partial charge in [0, 0.05) is 24.5 Å². The highest BCUT2D eigenvalue weighted by Crippen LogP contribution is 2.48. The molecule has 35 heavy (non-hydrogen) atoms. The van der Waals surface area contributed by atoms with Crippen molar-refractivity contribution in [2.75, 3.05) is 11.9 Å². The maximum Gasteiger partial charge on any atom is 0.328 e. The third-order valence-electron chi connectivity index (χ3n) is 6.06. The normalized spacial score (nSPS) is 17.3. The summed E-state index contributed by atoms with van der Waals surface area (Å²) in [6.45, 7) is 2.05. The lowest BCUT2D eigenvalue weighted by Gasteiger charge is -2.47. The van der Waals surface area contributed by atoms with E-state index in [1.807, 2.05) is 0 Å². The first kappa shape index (κ1) is 25.7. The Bertz CT molecular complexity index is 1120. The number of carbonyl (C=O) groups is 2. The SMILES string of the molecule is CCOC(=O)[C@H](Cc1ccc(NC(=O)c2c(Cl)cncc2Cl)cn1)NC1=C(Br)OC12CCCCC2. The number of amides is 1. The first-order valence-electron chi connectivity index (χ1n) is 11.4. The largest absolute Gasteiger partial charge is 0.472 e. The van der Waals surface area contributed by atoms with Crippen LogP contribution in [0.2, 0.25) is 10.0 Å². The molecule has 2 aromatic rings. The molecular formula is C24H25BrCl2N4O4. The Hall–Kier alpha value is -2.36. The minimum absolute atomic E-state index is 0.136. The lowest BCUT2D eigenvalue weighted by atomic mass is 9.80. The molecule has 0 bridgehead atoms. The van der Waals surface area contributed by atoms with Gasteiger partial charge in [-0.25, -0.2) is 4.79 Å². The highest BCUT2D eigenvalue weighted by molar-refractivity contribution is 9.11. The molecule has 1 aliphatic heterocycles. The van der Waals surface area contributed by atoms with Crippen LogP contribution in [0, 0.1) is 0 Å². The van der Waals surface area contributed by atoms with Crippen LogP contribution in [-0.2, 0) is 20.7 Å². The molecule has 1 amide bonds. The molecule has 2 aliphatic rings. The Balaban J connectivity index is 1.45. The standard InChI is InChI=1S/C24H25BrCl2N4O4/c1-2-34-23(33)18(31-20-21(25)35-24(20)8-4-3-5-9-24)10-14-6-7-15(11-29-14)30-22(32)19-16(26)12-28-13-17(19)27/h6-7,11-13,18,31H,2-5,8-10H2,1H3,(H,30,32)/t18-/m0/s1. The van der Waals surface area contributed by atoms with Gasteiger partial charge < -0.3 is 20.1 Å². The molecule has 0 aromatic carbocycles. The van der Waals surface area contributed by atoms with Crippen LogP contribution in [0.4, 0.5) is 5.69 Å². The molecule has 0 saturated heterocycles. The van der Waals surface area contributed by atoms with E-state index in [4.69, 9.17) is 32.7 Å². The van der Waals surface area contributed by atoms with E-state index in [1.165, 1.54) is 25.0 Å². The summed E-state index contributed by atoms with van der Waals surface area (Å²) < 4.78 is 11.9. The summed E-state index contributed by atoms with van der Waals surface area (Å²) in [4.78, 5) is 33.6. The molecule has 1 saturated carbocycles. The van der Waals surface area contributed by atoms with Crippen LogP contribution >= 0.6 is 39.1 Å². The molecule has 1 aliphatic carbocycles. The molecule has 1 fully saturated rings. The minimum Gasteiger partial charge on any atom is -0.472 e. The van der Waals surface area contributed by atoms with E-state index in [2.05, 4.69) is 36.5 Å². The Morgan fingerprint density at radius 2 is 1.89 bits per heavy atom. The Morgan fingerprint density at radius 1 is 1.17 bits per heavy atom. The quantitative estimate of drug-likeness (QED) is 0.401. The number of aromatic nitrogens is 2. The number of hydrogen-bond donors (Lipinski definition) is 2. The molecule has 11 heteroatoms. The molecule has 1 atom stereocenters. The number of anilines is 1. The zero-order valence-electron chi connectivity index (χ0n) is 19.1. The van der Waals surface area contributed by atoms with Crippen LogP contribution < -0.4 is 10.6 Å². The van der Waals surface area contributed by atoms with Crippen molar-refractivity contribution in [3.05, 3.63) is 62.4 Å². The van der Waals surface area contributed by atoms with Gasteiger partial charge in [-0.15, -0.1) is 0 Å². The molecule has 4 rings (SSSR count). The number of hydrogen-bond acceptors (Lipinski definition) is 7. The third-order valence-corrected chi connectivity index (χ3v) is 7.20. The van der Waals surface area contributed by atoms with Crippen molar-refractivity contribution in [3.63, 3.8) is 0 Å². The molecule has 0 unspecified atom stereocenters. The van der Waals surface area contributed by atoms with Gasteiger partial charge in [-0.1, -0.05) is 29.6 Å². The Labute approximate surface area is 221 Å². The number of rotatable bonds is 8. The van der Waals surface area contributed by atoms with Gasteiger partial charge in [0.2, 0.25) is 0 Å². The summed E-state index contributed by atoms with van der Waals surface area (Å²) >= 11 is 15.6. The number of ether oxygens (including phenoxy) is 2. The second-order valence-corrected chi connectivity index (χ2v) is 9.96. The van der Waals surface area contributed by atoms with Gasteiger partial charge in [-0.3, -0.25) is 14.8 Å². The van der Waals surface area contributed by atoms with Crippen LogP contribution in [-0.4, -0.2) is 40.1 Å². The number of esters is 1. The van der Waals surface area contributed by atoms with E-state index >= 15 is 0 Å². The molecular weight excluding hydrogens is 559 g/mol. The van der Waals surface area contributed by atoms with E-state index in [9.17, 15) is 9.59 Å². The maximum absolute atomic E-state index is 12.8. The van der Waals surface area contributed by atoms with Crippen molar-refractivity contribution in [1.82, 2.24) is 15.3 Å². The predicted octanol–water partition coefficient (Wildman–Crippen LogP) is 5.40. The van der Waals surface area contributed by atoms with Gasteiger partial charge in [-0.05, 0) is 60.7 Å². The fraction of sp³-hybridized carbons (Fsp3) is 0.417. The lowest BCUT2D eigenvalue weighted by molar-refractivity contribution is -0.146. The van der Waals surface area contributed by atoms with Crippen LogP contribution in [0.5, 0.6) is 0 Å². The van der Waals surface area contributed by atoms with E-state index in [0.717, 1.165) is 31.4 Å². The van der Waals surface area contributed by atoms with Gasteiger partial charge in [-0.2, -0.15) is 0 Å². The molecule has 3 heterocycles. The fourth-order valence-electron chi connectivity index (χ4n) is 4.33. The zero-order chi connectivity index (χ0) is 25.0. The van der Waals surface area contributed by atoms with Crippen molar-refractivity contribution in [3.8, 4) is 0 Å². The van der Waals surface area contributed by atoms with E-state index < -0.39 is 11.9 Å². The molecule has 2 aromatic heterocycles. The molecule has 8 nitrogen and oxygen atoms in total. The van der Waals surface area contributed by atoms with Crippen molar-refractivity contribution in [2.24, 2.45) is 0 Å². The summed E-state index contributed by atoms with van der Waals surface area (Å²) in [5.41, 5.74) is 1.80. The van der Waals surface area contributed by atoms with E-state index in [-0.39, 0.29) is 33.8 Å². The first-order chi connectivity index (χ1) is 16.8. The molecule has 2 N–H and O–H groups in total. The summed E-state index contributed by atoms with van der Waals surface area (Å²) in [6.07, 6.45) is 9.70. The van der Waals surface area contributed by atoms with E-state index in [0.29, 0.717) is 22.5 Å². The van der Waals surface area contributed by atoms with Gasteiger partial charge >= 0.3 is 5.97 Å². The highest BCUT2D eigenvalue weighted by atomic mass is 79.9. The van der Waals surface area contributed by atoms with Crippen LogP contribution in [0.25, 0.3) is 0 Å². The summed E-state index contributed by atoms with van der Waals surface area (Å²) in [7, 11) is 0. The summed E-state index contributed by atoms with van der Waals surface area (Å²) in [5.74, 6) is -0.832.